The number of thiophene rings is 1. The van der Waals surface area contributed by atoms with E-state index in [9.17, 15) is 4.79 Å². The number of hydrogen-bond acceptors (Lipinski definition) is 6. The third-order valence-electron chi connectivity index (χ3n) is 1.69. The van der Waals surface area contributed by atoms with Gasteiger partial charge in [-0.3, -0.25) is 0 Å². The predicted molar refractivity (Wildman–Crippen MR) is 58.6 cm³/mol. The maximum Gasteiger partial charge on any atom is 0.396 e. The molecule has 84 valence electrons. The highest BCUT2D eigenvalue weighted by Crippen LogP contribution is 2.32. The summed E-state index contributed by atoms with van der Waals surface area (Å²) in [6.07, 6.45) is 0. The molecule has 2 aromatic heterocycles. The summed E-state index contributed by atoms with van der Waals surface area (Å²) in [5.74, 6) is -0.571. The zero-order valence-corrected chi connectivity index (χ0v) is 9.84. The number of carbonyl (C=O) groups excluding carboxylic acids is 1. The molecule has 0 aliphatic rings. The van der Waals surface area contributed by atoms with E-state index in [1.54, 1.807) is 18.4 Å². The van der Waals surface area contributed by atoms with Crippen LogP contribution in [0.1, 0.15) is 17.6 Å². The fourth-order valence-electron chi connectivity index (χ4n) is 1.04. The molecule has 5 nitrogen and oxygen atoms in total. The average molecular weight is 259 g/mol. The van der Waals surface area contributed by atoms with E-state index in [2.05, 4.69) is 10.2 Å². The standard InChI is InChI=1S/C9H7ClN2O3S/c1-2-14-9(13)8-12-11-7(15-8)6-5(10)3-4-16-6/h3-4H,2H2,1H3. The molecule has 0 aliphatic carbocycles. The molecular formula is C9H7ClN2O3S. The highest BCUT2D eigenvalue weighted by atomic mass is 35.5. The molecule has 0 fully saturated rings. The molecule has 0 saturated carbocycles. The SMILES string of the molecule is CCOC(=O)c1nnc(-c2sccc2Cl)o1. The van der Waals surface area contributed by atoms with Crippen molar-refractivity contribution in [2.75, 3.05) is 6.61 Å². The van der Waals surface area contributed by atoms with Crippen LogP contribution in [-0.4, -0.2) is 22.8 Å². The molecule has 16 heavy (non-hydrogen) atoms. The molecule has 0 unspecified atom stereocenters. The number of carbonyl (C=O) groups is 1. The average Bonchev–Trinajstić information content (AvgIpc) is 2.86. The van der Waals surface area contributed by atoms with Crippen molar-refractivity contribution in [1.82, 2.24) is 10.2 Å². The lowest BCUT2D eigenvalue weighted by atomic mass is 10.5. The van der Waals surface area contributed by atoms with E-state index in [4.69, 9.17) is 20.8 Å². The van der Waals surface area contributed by atoms with Crippen LogP contribution in [0, 0.1) is 0 Å². The smallest absolute Gasteiger partial charge is 0.396 e. The highest BCUT2D eigenvalue weighted by molar-refractivity contribution is 7.14. The summed E-state index contributed by atoms with van der Waals surface area (Å²) in [5.41, 5.74) is 0. The molecule has 0 N–H and O–H groups in total. The Morgan fingerprint density at radius 1 is 1.62 bits per heavy atom. The summed E-state index contributed by atoms with van der Waals surface area (Å²) in [6, 6.07) is 1.72. The van der Waals surface area contributed by atoms with Crippen molar-refractivity contribution in [1.29, 1.82) is 0 Å². The van der Waals surface area contributed by atoms with Gasteiger partial charge in [0.1, 0.15) is 4.88 Å². The second-order valence-electron chi connectivity index (χ2n) is 2.73. The number of hydrogen-bond donors (Lipinski definition) is 0. The van der Waals surface area contributed by atoms with Crippen molar-refractivity contribution in [3.63, 3.8) is 0 Å². The summed E-state index contributed by atoms with van der Waals surface area (Å²) in [7, 11) is 0. The van der Waals surface area contributed by atoms with Crippen LogP contribution in [0.3, 0.4) is 0 Å². The Morgan fingerprint density at radius 2 is 2.44 bits per heavy atom. The maximum absolute atomic E-state index is 11.3. The number of ether oxygens (including phenoxy) is 1. The first-order valence-electron chi connectivity index (χ1n) is 4.46. The van der Waals surface area contributed by atoms with Crippen molar-refractivity contribution in [2.45, 2.75) is 6.92 Å². The van der Waals surface area contributed by atoms with Gasteiger partial charge in [-0.15, -0.1) is 21.5 Å². The lowest BCUT2D eigenvalue weighted by Gasteiger charge is -1.94. The summed E-state index contributed by atoms with van der Waals surface area (Å²) >= 11 is 7.25. The topological polar surface area (TPSA) is 65.2 Å². The van der Waals surface area contributed by atoms with E-state index >= 15 is 0 Å². The molecule has 0 atom stereocenters. The molecule has 0 spiro atoms. The van der Waals surface area contributed by atoms with Crippen molar-refractivity contribution in [2.24, 2.45) is 0 Å². The summed E-state index contributed by atoms with van der Waals surface area (Å²) in [5, 5.41) is 9.64. The number of halogens is 1. The fourth-order valence-corrected chi connectivity index (χ4v) is 2.09. The molecule has 2 aromatic rings. The molecule has 0 aliphatic heterocycles. The van der Waals surface area contributed by atoms with Crippen LogP contribution in [0.5, 0.6) is 0 Å². The molecule has 0 bridgehead atoms. The molecule has 0 aromatic carbocycles. The fraction of sp³-hybridized carbons (Fsp3) is 0.222. The minimum Gasteiger partial charge on any atom is -0.459 e. The van der Waals surface area contributed by atoms with Crippen molar-refractivity contribution in [3.8, 4) is 10.8 Å². The Morgan fingerprint density at radius 3 is 3.06 bits per heavy atom. The number of esters is 1. The Hall–Kier alpha value is -1.40. The quantitative estimate of drug-likeness (QED) is 0.792. The van der Waals surface area contributed by atoms with Crippen LogP contribution >= 0.6 is 22.9 Å². The zero-order valence-electron chi connectivity index (χ0n) is 8.27. The van der Waals surface area contributed by atoms with E-state index in [-0.39, 0.29) is 18.4 Å². The van der Waals surface area contributed by atoms with Gasteiger partial charge in [0, 0.05) is 0 Å². The molecule has 0 saturated heterocycles. The third kappa shape index (κ3) is 2.07. The molecule has 2 heterocycles. The largest absolute Gasteiger partial charge is 0.459 e. The number of nitrogens with zero attached hydrogens (tertiary/aromatic N) is 2. The van der Waals surface area contributed by atoms with Crippen LogP contribution in [0.15, 0.2) is 15.9 Å². The van der Waals surface area contributed by atoms with Gasteiger partial charge in [-0.2, -0.15) is 0 Å². The monoisotopic (exact) mass is 258 g/mol. The zero-order chi connectivity index (χ0) is 11.5. The second-order valence-corrected chi connectivity index (χ2v) is 4.05. The van der Waals surface area contributed by atoms with Crippen LogP contribution < -0.4 is 0 Å². The summed E-state index contributed by atoms with van der Waals surface area (Å²) in [6.45, 7) is 1.96. The van der Waals surface area contributed by atoms with Crippen LogP contribution in [-0.2, 0) is 4.74 Å². The first-order chi connectivity index (χ1) is 7.72. The third-order valence-corrected chi connectivity index (χ3v) is 3.02. The second kappa shape index (κ2) is 4.63. The molecule has 0 amide bonds. The van der Waals surface area contributed by atoms with Gasteiger partial charge >= 0.3 is 11.9 Å². The van der Waals surface area contributed by atoms with Crippen molar-refractivity contribution < 1.29 is 13.9 Å². The van der Waals surface area contributed by atoms with Gasteiger partial charge in [-0.05, 0) is 18.4 Å². The van der Waals surface area contributed by atoms with Gasteiger partial charge in [0.05, 0.1) is 11.6 Å². The minimum absolute atomic E-state index is 0.165. The molecule has 0 radical (unpaired) electrons. The first-order valence-corrected chi connectivity index (χ1v) is 5.72. The Labute approximate surface area is 100 Å². The molecule has 7 heteroatoms. The predicted octanol–water partition coefficient (Wildman–Crippen LogP) is 2.63. The lowest BCUT2D eigenvalue weighted by Crippen LogP contribution is -2.04. The highest BCUT2D eigenvalue weighted by Gasteiger charge is 2.18. The van der Waals surface area contributed by atoms with E-state index in [0.29, 0.717) is 9.90 Å². The normalized spacial score (nSPS) is 10.4. The van der Waals surface area contributed by atoms with Gasteiger partial charge in [-0.25, -0.2) is 4.79 Å². The summed E-state index contributed by atoms with van der Waals surface area (Å²) in [4.78, 5) is 11.9. The van der Waals surface area contributed by atoms with Gasteiger partial charge < -0.3 is 9.15 Å². The summed E-state index contributed by atoms with van der Waals surface area (Å²) < 4.78 is 9.88. The number of rotatable bonds is 3. The Bertz CT molecular complexity index is 508. The van der Waals surface area contributed by atoms with E-state index in [1.807, 2.05) is 0 Å². The Balaban J connectivity index is 2.26. The first kappa shape index (κ1) is 11.1. The van der Waals surface area contributed by atoms with E-state index < -0.39 is 5.97 Å². The van der Waals surface area contributed by atoms with Crippen LogP contribution in [0.2, 0.25) is 5.02 Å². The number of aromatic nitrogens is 2. The van der Waals surface area contributed by atoms with E-state index in [0.717, 1.165) is 0 Å². The van der Waals surface area contributed by atoms with Gasteiger partial charge in [0.2, 0.25) is 0 Å². The Kier molecular flexibility index (Phi) is 3.21. The van der Waals surface area contributed by atoms with Crippen LogP contribution in [0.4, 0.5) is 0 Å². The molecule has 2 rings (SSSR count). The van der Waals surface area contributed by atoms with Crippen molar-refractivity contribution >= 4 is 28.9 Å². The van der Waals surface area contributed by atoms with E-state index in [1.165, 1.54) is 11.3 Å². The minimum atomic E-state index is -0.631. The van der Waals surface area contributed by atoms with Gasteiger partial charge in [0.15, 0.2) is 0 Å². The van der Waals surface area contributed by atoms with Crippen molar-refractivity contribution in [3.05, 3.63) is 22.4 Å². The van der Waals surface area contributed by atoms with Crippen LogP contribution in [0.25, 0.3) is 10.8 Å². The lowest BCUT2D eigenvalue weighted by molar-refractivity contribution is 0.0481. The van der Waals surface area contributed by atoms with Gasteiger partial charge in [-0.1, -0.05) is 11.6 Å². The maximum atomic E-state index is 11.3. The van der Waals surface area contributed by atoms with Gasteiger partial charge in [0.25, 0.3) is 5.89 Å². The molecular weight excluding hydrogens is 252 g/mol.